The van der Waals surface area contributed by atoms with Gasteiger partial charge in [-0.1, -0.05) is 11.3 Å². The van der Waals surface area contributed by atoms with E-state index >= 15 is 0 Å². The molecule has 9 heteroatoms. The second kappa shape index (κ2) is 7.38. The molecule has 1 aromatic heterocycles. The molecule has 3 rings (SSSR count). The van der Waals surface area contributed by atoms with E-state index in [9.17, 15) is 9.59 Å². The van der Waals surface area contributed by atoms with Crippen molar-refractivity contribution in [2.75, 3.05) is 24.2 Å². The number of primary amides is 1. The first-order valence-corrected chi connectivity index (χ1v) is 9.20. The van der Waals surface area contributed by atoms with E-state index in [1.54, 1.807) is 0 Å². The van der Waals surface area contributed by atoms with E-state index in [-0.39, 0.29) is 41.3 Å². The first-order valence-electron chi connectivity index (χ1n) is 7.40. The Balaban J connectivity index is 0.00000192. The molecule has 1 saturated heterocycles. The van der Waals surface area contributed by atoms with Crippen LogP contribution in [0.5, 0.6) is 0 Å². The third-order valence-corrected chi connectivity index (χ3v) is 6.89. The van der Waals surface area contributed by atoms with Gasteiger partial charge in [0, 0.05) is 5.92 Å². The van der Waals surface area contributed by atoms with E-state index in [1.807, 2.05) is 6.92 Å². The van der Waals surface area contributed by atoms with Gasteiger partial charge in [-0.2, -0.15) is 0 Å². The molecule has 2 heterocycles. The molecule has 1 aromatic rings. The monoisotopic (exact) mass is 376 g/mol. The Labute approximate surface area is 149 Å². The van der Waals surface area contributed by atoms with Crippen LogP contribution in [0, 0.1) is 18.3 Å². The molecule has 0 radical (unpaired) electrons. The van der Waals surface area contributed by atoms with Gasteiger partial charge in [0.15, 0.2) is 5.13 Å². The molecule has 2 fully saturated rings. The van der Waals surface area contributed by atoms with Gasteiger partial charge in [-0.15, -0.1) is 24.2 Å². The standard InChI is InChI=1S/C14H20N4O2S2.ClH/c1-8-12(21-7-10(15)19)22-13(17-8)18-11(20)9-6-14(9)2-4-16-5-3-14;/h9,16H,2-7H2,1H3,(H2,15,19)(H,17,18,20);1H. The van der Waals surface area contributed by atoms with Gasteiger partial charge >= 0.3 is 0 Å². The van der Waals surface area contributed by atoms with Gasteiger partial charge in [0.1, 0.15) is 0 Å². The highest BCUT2D eigenvalue weighted by Crippen LogP contribution is 2.58. The molecule has 1 saturated carbocycles. The number of thiazole rings is 1. The predicted molar refractivity (Wildman–Crippen MR) is 95.3 cm³/mol. The smallest absolute Gasteiger partial charge is 0.229 e. The average molecular weight is 377 g/mol. The molecule has 4 N–H and O–H groups in total. The lowest BCUT2D eigenvalue weighted by Gasteiger charge is -2.22. The summed E-state index contributed by atoms with van der Waals surface area (Å²) in [5.41, 5.74) is 6.21. The summed E-state index contributed by atoms with van der Waals surface area (Å²) >= 11 is 2.78. The molecule has 1 aliphatic heterocycles. The van der Waals surface area contributed by atoms with E-state index in [0.717, 1.165) is 42.3 Å². The number of amides is 2. The van der Waals surface area contributed by atoms with Crippen LogP contribution in [0.25, 0.3) is 0 Å². The second-order valence-corrected chi connectivity index (χ2v) is 8.25. The van der Waals surface area contributed by atoms with E-state index < -0.39 is 0 Å². The van der Waals surface area contributed by atoms with Gasteiger partial charge in [-0.25, -0.2) is 4.98 Å². The highest BCUT2D eigenvalue weighted by atomic mass is 35.5. The van der Waals surface area contributed by atoms with Gasteiger partial charge in [-0.3, -0.25) is 9.59 Å². The summed E-state index contributed by atoms with van der Waals surface area (Å²) in [6, 6.07) is 0. The first kappa shape index (κ1) is 18.5. The molecular weight excluding hydrogens is 356 g/mol. The van der Waals surface area contributed by atoms with Gasteiger partial charge in [0.2, 0.25) is 11.8 Å². The van der Waals surface area contributed by atoms with Crippen molar-refractivity contribution in [3.8, 4) is 0 Å². The Morgan fingerprint density at radius 1 is 1.48 bits per heavy atom. The third kappa shape index (κ3) is 4.17. The number of piperidine rings is 1. The van der Waals surface area contributed by atoms with E-state index in [1.165, 1.54) is 23.1 Å². The number of rotatable bonds is 5. The number of thioether (sulfide) groups is 1. The fourth-order valence-electron chi connectivity index (χ4n) is 3.09. The Kier molecular flexibility index (Phi) is 5.94. The van der Waals surface area contributed by atoms with Crippen LogP contribution in [0.4, 0.5) is 5.13 Å². The summed E-state index contributed by atoms with van der Waals surface area (Å²) in [7, 11) is 0. The number of halogens is 1. The Bertz CT molecular complexity index is 602. The number of hydrogen-bond donors (Lipinski definition) is 3. The fraction of sp³-hybridized carbons (Fsp3) is 0.643. The molecule has 2 aliphatic rings. The van der Waals surface area contributed by atoms with Crippen LogP contribution in [-0.2, 0) is 9.59 Å². The predicted octanol–water partition coefficient (Wildman–Crippen LogP) is 1.78. The molecule has 23 heavy (non-hydrogen) atoms. The number of aryl methyl sites for hydroxylation is 1. The maximum atomic E-state index is 12.4. The van der Waals surface area contributed by atoms with Gasteiger partial charge in [0.25, 0.3) is 0 Å². The maximum absolute atomic E-state index is 12.4. The molecule has 0 bridgehead atoms. The van der Waals surface area contributed by atoms with Crippen molar-refractivity contribution in [3.05, 3.63) is 5.69 Å². The largest absolute Gasteiger partial charge is 0.369 e. The van der Waals surface area contributed by atoms with E-state index in [0.29, 0.717) is 5.13 Å². The molecule has 1 spiro atoms. The zero-order chi connectivity index (χ0) is 15.7. The topological polar surface area (TPSA) is 97.1 Å². The van der Waals surface area contributed by atoms with Crippen molar-refractivity contribution in [2.45, 2.75) is 30.4 Å². The molecular formula is C14H21ClN4O2S2. The summed E-state index contributed by atoms with van der Waals surface area (Å²) < 4.78 is 0.932. The van der Waals surface area contributed by atoms with Crippen molar-refractivity contribution >= 4 is 52.5 Å². The van der Waals surface area contributed by atoms with Crippen molar-refractivity contribution in [2.24, 2.45) is 17.1 Å². The summed E-state index contributed by atoms with van der Waals surface area (Å²) in [4.78, 5) is 27.6. The number of nitrogens with zero attached hydrogens (tertiary/aromatic N) is 1. The fourth-order valence-corrected chi connectivity index (χ4v) is 4.97. The van der Waals surface area contributed by atoms with Crippen LogP contribution < -0.4 is 16.4 Å². The minimum absolute atomic E-state index is 0. The van der Waals surface area contributed by atoms with E-state index in [2.05, 4.69) is 15.6 Å². The van der Waals surface area contributed by atoms with Gasteiger partial charge in [0.05, 0.1) is 15.7 Å². The minimum Gasteiger partial charge on any atom is -0.369 e. The summed E-state index contributed by atoms with van der Waals surface area (Å²) in [5.74, 6) is 0.0895. The second-order valence-electron chi connectivity index (χ2n) is 6.01. The lowest BCUT2D eigenvalue weighted by molar-refractivity contribution is -0.118. The molecule has 0 aromatic carbocycles. The molecule has 2 amide bonds. The normalized spacial score (nSPS) is 21.5. The van der Waals surface area contributed by atoms with Gasteiger partial charge in [-0.05, 0) is 44.7 Å². The number of hydrogen-bond acceptors (Lipinski definition) is 6. The summed E-state index contributed by atoms with van der Waals surface area (Å²) in [5, 5.41) is 6.90. The SMILES string of the molecule is Cc1nc(NC(=O)C2CC23CCNCC3)sc1SCC(N)=O.Cl. The highest BCUT2D eigenvalue weighted by Gasteiger charge is 2.57. The van der Waals surface area contributed by atoms with Crippen LogP contribution in [0.1, 0.15) is 25.0 Å². The minimum atomic E-state index is -0.353. The summed E-state index contributed by atoms with van der Waals surface area (Å²) in [6.07, 6.45) is 3.16. The number of carbonyl (C=O) groups is 2. The molecule has 1 unspecified atom stereocenters. The van der Waals surface area contributed by atoms with Crippen LogP contribution in [0.2, 0.25) is 0 Å². The van der Waals surface area contributed by atoms with Crippen molar-refractivity contribution in [3.63, 3.8) is 0 Å². The number of anilines is 1. The zero-order valence-electron chi connectivity index (χ0n) is 12.9. The Morgan fingerprint density at radius 3 is 2.83 bits per heavy atom. The summed E-state index contributed by atoms with van der Waals surface area (Å²) in [6.45, 7) is 3.89. The van der Waals surface area contributed by atoms with Crippen molar-refractivity contribution in [1.29, 1.82) is 0 Å². The Hall–Kier alpha value is -0.830. The molecule has 1 atom stereocenters. The zero-order valence-corrected chi connectivity index (χ0v) is 15.3. The van der Waals surface area contributed by atoms with Gasteiger partial charge < -0.3 is 16.4 Å². The lowest BCUT2D eigenvalue weighted by Crippen LogP contribution is -2.31. The number of nitrogens with two attached hydrogens (primary N) is 1. The van der Waals surface area contributed by atoms with E-state index in [4.69, 9.17) is 5.73 Å². The lowest BCUT2D eigenvalue weighted by atomic mass is 9.92. The molecule has 1 aliphatic carbocycles. The van der Waals surface area contributed by atoms with Crippen molar-refractivity contribution in [1.82, 2.24) is 10.3 Å². The highest BCUT2D eigenvalue weighted by molar-refractivity contribution is 8.01. The first-order chi connectivity index (χ1) is 10.5. The van der Waals surface area contributed by atoms with Crippen LogP contribution in [-0.4, -0.2) is 35.6 Å². The quantitative estimate of drug-likeness (QED) is 0.680. The number of nitrogens with one attached hydrogen (secondary N) is 2. The molecule has 128 valence electrons. The van der Waals surface area contributed by atoms with Crippen LogP contribution >= 0.6 is 35.5 Å². The number of aromatic nitrogens is 1. The number of carbonyl (C=O) groups excluding carboxylic acids is 2. The Morgan fingerprint density at radius 2 is 2.17 bits per heavy atom. The average Bonchev–Trinajstić information content (AvgIpc) is 3.04. The van der Waals surface area contributed by atoms with Crippen LogP contribution in [0.15, 0.2) is 4.21 Å². The van der Waals surface area contributed by atoms with Crippen LogP contribution in [0.3, 0.4) is 0 Å². The van der Waals surface area contributed by atoms with Crippen molar-refractivity contribution < 1.29 is 9.59 Å². The molecule has 6 nitrogen and oxygen atoms in total. The maximum Gasteiger partial charge on any atom is 0.229 e. The third-order valence-electron chi connectivity index (χ3n) is 4.44.